The van der Waals surface area contributed by atoms with Gasteiger partial charge in [-0.2, -0.15) is 0 Å². The van der Waals surface area contributed by atoms with E-state index in [9.17, 15) is 4.39 Å². The lowest BCUT2D eigenvalue weighted by atomic mass is 10.1. The van der Waals surface area contributed by atoms with E-state index in [2.05, 4.69) is 27.8 Å². The van der Waals surface area contributed by atoms with Gasteiger partial charge in [0, 0.05) is 27.2 Å². The highest BCUT2D eigenvalue weighted by Crippen LogP contribution is 2.09. The average molecular weight is 443 g/mol. The summed E-state index contributed by atoms with van der Waals surface area (Å²) in [6, 6.07) is 14.5. The highest BCUT2D eigenvalue weighted by molar-refractivity contribution is 14.0. The highest BCUT2D eigenvalue weighted by atomic mass is 127. The van der Waals surface area contributed by atoms with Crippen molar-refractivity contribution in [2.75, 3.05) is 14.2 Å². The fraction of sp³-hybridized carbons (Fsp3) is 0.278. The second kappa shape index (κ2) is 11.0. The summed E-state index contributed by atoms with van der Waals surface area (Å²) in [6.07, 6.45) is 0. The Balaban J connectivity index is 0.00000288. The summed E-state index contributed by atoms with van der Waals surface area (Å²) < 4.78 is 18.1. The van der Waals surface area contributed by atoms with Gasteiger partial charge in [0.25, 0.3) is 0 Å². The molecule has 0 bridgehead atoms. The van der Waals surface area contributed by atoms with Gasteiger partial charge in [0.1, 0.15) is 5.82 Å². The van der Waals surface area contributed by atoms with Gasteiger partial charge in [0.2, 0.25) is 0 Å². The number of methoxy groups -OCH3 is 1. The third-order valence-corrected chi connectivity index (χ3v) is 3.46. The summed E-state index contributed by atoms with van der Waals surface area (Å²) in [7, 11) is 3.41. The summed E-state index contributed by atoms with van der Waals surface area (Å²) in [6.45, 7) is 1.82. The quantitative estimate of drug-likeness (QED) is 0.409. The van der Waals surface area contributed by atoms with Crippen LogP contribution in [0, 0.1) is 5.82 Å². The fourth-order valence-corrected chi connectivity index (χ4v) is 2.21. The Hall–Kier alpha value is -1.67. The minimum Gasteiger partial charge on any atom is -0.380 e. The fourth-order valence-electron chi connectivity index (χ4n) is 2.21. The molecule has 0 atom stereocenters. The van der Waals surface area contributed by atoms with E-state index in [0.29, 0.717) is 25.7 Å². The van der Waals surface area contributed by atoms with Crippen LogP contribution in [0.1, 0.15) is 16.7 Å². The molecular weight excluding hydrogens is 420 g/mol. The lowest BCUT2D eigenvalue weighted by molar-refractivity contribution is 0.184. The van der Waals surface area contributed by atoms with Gasteiger partial charge < -0.3 is 15.4 Å². The Labute approximate surface area is 159 Å². The average Bonchev–Trinajstić information content (AvgIpc) is 2.58. The molecule has 6 heteroatoms. The molecule has 0 saturated carbocycles. The predicted molar refractivity (Wildman–Crippen MR) is 106 cm³/mol. The number of nitrogens with one attached hydrogen (secondary N) is 2. The van der Waals surface area contributed by atoms with Crippen LogP contribution < -0.4 is 10.6 Å². The van der Waals surface area contributed by atoms with Gasteiger partial charge in [-0.1, -0.05) is 36.4 Å². The van der Waals surface area contributed by atoms with Gasteiger partial charge in [-0.3, -0.25) is 4.99 Å². The Bertz CT molecular complexity index is 647. The first-order chi connectivity index (χ1) is 11.2. The molecule has 0 spiro atoms. The number of hydrogen-bond donors (Lipinski definition) is 2. The molecule has 2 N–H and O–H groups in total. The zero-order chi connectivity index (χ0) is 16.5. The van der Waals surface area contributed by atoms with Crippen molar-refractivity contribution in [1.82, 2.24) is 10.6 Å². The summed E-state index contributed by atoms with van der Waals surface area (Å²) in [5, 5.41) is 6.49. The Morgan fingerprint density at radius 3 is 2.25 bits per heavy atom. The molecule has 0 aliphatic carbocycles. The highest BCUT2D eigenvalue weighted by Gasteiger charge is 2.03. The van der Waals surface area contributed by atoms with Crippen molar-refractivity contribution in [3.63, 3.8) is 0 Å². The van der Waals surface area contributed by atoms with E-state index in [-0.39, 0.29) is 29.8 Å². The first-order valence-electron chi connectivity index (χ1n) is 7.47. The van der Waals surface area contributed by atoms with E-state index in [1.54, 1.807) is 26.3 Å². The number of hydrogen-bond acceptors (Lipinski definition) is 2. The molecule has 0 amide bonds. The third-order valence-electron chi connectivity index (χ3n) is 3.46. The molecule has 2 aromatic rings. The molecule has 0 fully saturated rings. The van der Waals surface area contributed by atoms with Crippen LogP contribution >= 0.6 is 24.0 Å². The molecular formula is C18H23FIN3O. The van der Waals surface area contributed by atoms with Gasteiger partial charge in [0.15, 0.2) is 5.96 Å². The number of ether oxygens (including phenoxy) is 1. The molecule has 2 rings (SSSR count). The molecule has 0 aliphatic rings. The lowest BCUT2D eigenvalue weighted by Crippen LogP contribution is -2.36. The second-order valence-electron chi connectivity index (χ2n) is 5.11. The number of halogens is 2. The number of rotatable bonds is 6. The maximum absolute atomic E-state index is 12.9. The van der Waals surface area contributed by atoms with E-state index >= 15 is 0 Å². The van der Waals surface area contributed by atoms with E-state index in [1.165, 1.54) is 17.7 Å². The molecule has 0 saturated heterocycles. The number of aliphatic imine (C=N–C) groups is 1. The molecule has 24 heavy (non-hydrogen) atoms. The Kier molecular flexibility index (Phi) is 9.33. The van der Waals surface area contributed by atoms with Crippen LogP contribution in [-0.4, -0.2) is 20.1 Å². The van der Waals surface area contributed by atoms with E-state index < -0.39 is 0 Å². The topological polar surface area (TPSA) is 45.7 Å². The van der Waals surface area contributed by atoms with Crippen molar-refractivity contribution in [2.45, 2.75) is 19.7 Å². The van der Waals surface area contributed by atoms with E-state index in [0.717, 1.165) is 11.1 Å². The Morgan fingerprint density at radius 2 is 1.62 bits per heavy atom. The molecule has 0 aromatic heterocycles. The summed E-state index contributed by atoms with van der Waals surface area (Å²) >= 11 is 0. The SMILES string of the molecule is CN=C(NCc1ccc(F)cc1)NCc1ccccc1COC.I. The van der Waals surface area contributed by atoms with Crippen LogP contribution in [0.4, 0.5) is 4.39 Å². The molecule has 4 nitrogen and oxygen atoms in total. The zero-order valence-corrected chi connectivity index (χ0v) is 16.2. The maximum Gasteiger partial charge on any atom is 0.191 e. The minimum atomic E-state index is -0.231. The van der Waals surface area contributed by atoms with Gasteiger partial charge in [-0.25, -0.2) is 4.39 Å². The summed E-state index contributed by atoms with van der Waals surface area (Å²) in [4.78, 5) is 4.20. The number of benzene rings is 2. The van der Waals surface area contributed by atoms with Crippen molar-refractivity contribution in [3.05, 3.63) is 71.0 Å². The monoisotopic (exact) mass is 443 g/mol. The van der Waals surface area contributed by atoms with Crippen LogP contribution in [0.3, 0.4) is 0 Å². The van der Waals surface area contributed by atoms with Crippen molar-refractivity contribution in [1.29, 1.82) is 0 Å². The maximum atomic E-state index is 12.9. The van der Waals surface area contributed by atoms with Crippen molar-refractivity contribution >= 4 is 29.9 Å². The minimum absolute atomic E-state index is 0. The zero-order valence-electron chi connectivity index (χ0n) is 13.9. The molecule has 0 radical (unpaired) electrons. The first kappa shape index (κ1) is 20.4. The second-order valence-corrected chi connectivity index (χ2v) is 5.11. The predicted octanol–water partition coefficient (Wildman–Crippen LogP) is 3.46. The number of guanidine groups is 1. The summed E-state index contributed by atoms with van der Waals surface area (Å²) in [5.41, 5.74) is 3.31. The first-order valence-corrected chi connectivity index (χ1v) is 7.47. The largest absolute Gasteiger partial charge is 0.380 e. The number of nitrogens with zero attached hydrogens (tertiary/aromatic N) is 1. The van der Waals surface area contributed by atoms with Crippen molar-refractivity contribution < 1.29 is 9.13 Å². The molecule has 2 aromatic carbocycles. The molecule has 0 aliphatic heterocycles. The summed E-state index contributed by atoms with van der Waals surface area (Å²) in [5.74, 6) is 0.465. The van der Waals surface area contributed by atoms with Crippen LogP contribution in [0.2, 0.25) is 0 Å². The van der Waals surface area contributed by atoms with Gasteiger partial charge >= 0.3 is 0 Å². The lowest BCUT2D eigenvalue weighted by Gasteiger charge is -2.14. The molecule has 0 heterocycles. The van der Waals surface area contributed by atoms with Crippen LogP contribution in [0.5, 0.6) is 0 Å². The van der Waals surface area contributed by atoms with Gasteiger partial charge in [-0.05, 0) is 28.8 Å². The van der Waals surface area contributed by atoms with Crippen LogP contribution in [0.25, 0.3) is 0 Å². The molecule has 0 unspecified atom stereocenters. The van der Waals surface area contributed by atoms with E-state index in [1.807, 2.05) is 12.1 Å². The third kappa shape index (κ3) is 6.45. The van der Waals surface area contributed by atoms with Crippen LogP contribution in [0.15, 0.2) is 53.5 Å². The molecule has 130 valence electrons. The van der Waals surface area contributed by atoms with Crippen molar-refractivity contribution in [2.24, 2.45) is 4.99 Å². The van der Waals surface area contributed by atoms with E-state index in [4.69, 9.17) is 4.74 Å². The smallest absolute Gasteiger partial charge is 0.191 e. The van der Waals surface area contributed by atoms with Gasteiger partial charge in [-0.15, -0.1) is 24.0 Å². The van der Waals surface area contributed by atoms with Crippen LogP contribution in [-0.2, 0) is 24.4 Å². The van der Waals surface area contributed by atoms with Gasteiger partial charge in [0.05, 0.1) is 6.61 Å². The normalized spacial score (nSPS) is 10.9. The van der Waals surface area contributed by atoms with Crippen molar-refractivity contribution in [3.8, 4) is 0 Å². The Morgan fingerprint density at radius 1 is 1.00 bits per heavy atom. The standard InChI is InChI=1S/C18H22FN3O.HI/c1-20-18(21-11-14-7-9-17(19)10-8-14)22-12-15-5-3-4-6-16(15)13-23-2;/h3-10H,11-13H2,1-2H3,(H2,20,21,22);1H.